The summed E-state index contributed by atoms with van der Waals surface area (Å²) < 4.78 is 27.8. The molecule has 122 valence electrons. The lowest BCUT2D eigenvalue weighted by Gasteiger charge is -2.12. The molecule has 3 rings (SSSR count). The second kappa shape index (κ2) is 5.85. The fraction of sp³-hybridized carbons (Fsp3) is 0.0667. The highest BCUT2D eigenvalue weighted by Gasteiger charge is 2.30. The number of fused-ring (bicyclic) bond motifs is 1. The van der Waals surface area contributed by atoms with Gasteiger partial charge >= 0.3 is 0 Å². The van der Waals surface area contributed by atoms with Crippen molar-refractivity contribution in [3.8, 4) is 0 Å². The minimum atomic E-state index is -3.70. The molecule has 0 saturated carbocycles. The van der Waals surface area contributed by atoms with Gasteiger partial charge in [0.05, 0.1) is 11.1 Å². The zero-order valence-corrected chi connectivity index (χ0v) is 13.3. The Morgan fingerprint density at radius 1 is 1.17 bits per heavy atom. The Balaban J connectivity index is 1.85. The molecule has 0 bridgehead atoms. The van der Waals surface area contributed by atoms with Crippen LogP contribution in [0.1, 0.15) is 11.1 Å². The Labute approximate surface area is 138 Å². The number of hydrogen-bond acceptors (Lipinski definition) is 6. The van der Waals surface area contributed by atoms with Crippen molar-refractivity contribution in [3.63, 3.8) is 0 Å². The van der Waals surface area contributed by atoms with Gasteiger partial charge in [0.1, 0.15) is 4.90 Å². The molecule has 0 saturated heterocycles. The highest BCUT2D eigenvalue weighted by Crippen LogP contribution is 2.26. The van der Waals surface area contributed by atoms with E-state index in [1.54, 1.807) is 37.4 Å². The quantitative estimate of drug-likeness (QED) is 0.481. The van der Waals surface area contributed by atoms with Crippen LogP contribution in [0.4, 0.5) is 5.69 Å². The number of rotatable bonds is 3. The Bertz CT molecular complexity index is 965. The predicted octanol–water partition coefficient (Wildman–Crippen LogP) is 2.01. The van der Waals surface area contributed by atoms with Crippen LogP contribution in [0.25, 0.3) is 0 Å². The smallest absolute Gasteiger partial charge is 0.258 e. The van der Waals surface area contributed by atoms with Crippen molar-refractivity contribution in [2.75, 3.05) is 7.05 Å². The van der Waals surface area contributed by atoms with Gasteiger partial charge in [-0.3, -0.25) is 10.1 Å². The van der Waals surface area contributed by atoms with Gasteiger partial charge in [0.25, 0.3) is 15.7 Å². The fourth-order valence-electron chi connectivity index (χ4n) is 2.21. The number of sulfonamides is 1. The molecule has 1 heterocycles. The molecule has 0 unspecified atom stereocenters. The normalized spacial score (nSPS) is 15.1. The standard InChI is InChI=1S/C15H12N4O4S/c1-18(16-10-11-6-8-12(9-7-11)19(20)21)15-13-4-2-3-5-14(13)24(22,23)17-15/h2-10H,1H3/b16-10-. The summed E-state index contributed by atoms with van der Waals surface area (Å²) >= 11 is 0. The molecule has 0 spiro atoms. The van der Waals surface area contributed by atoms with Gasteiger partial charge in [-0.05, 0) is 29.8 Å². The van der Waals surface area contributed by atoms with Crippen LogP contribution >= 0.6 is 0 Å². The van der Waals surface area contributed by atoms with Gasteiger partial charge < -0.3 is 0 Å². The Morgan fingerprint density at radius 2 is 1.83 bits per heavy atom. The number of benzene rings is 2. The summed E-state index contributed by atoms with van der Waals surface area (Å²) in [5.74, 6) is 0.226. The second-order valence-corrected chi connectivity index (χ2v) is 6.58. The van der Waals surface area contributed by atoms with Gasteiger partial charge in [0.15, 0.2) is 5.84 Å². The summed E-state index contributed by atoms with van der Waals surface area (Å²) in [6, 6.07) is 12.4. The van der Waals surface area contributed by atoms with Crippen molar-refractivity contribution in [2.24, 2.45) is 9.50 Å². The molecule has 8 nitrogen and oxygen atoms in total. The van der Waals surface area contributed by atoms with Gasteiger partial charge in [-0.1, -0.05) is 12.1 Å². The third kappa shape index (κ3) is 2.88. The molecule has 0 amide bonds. The topological polar surface area (TPSA) is 105 Å². The largest absolute Gasteiger partial charge is 0.285 e. The van der Waals surface area contributed by atoms with Gasteiger partial charge in [0.2, 0.25) is 0 Å². The van der Waals surface area contributed by atoms with Crippen molar-refractivity contribution in [1.29, 1.82) is 0 Å². The minimum Gasteiger partial charge on any atom is -0.258 e. The van der Waals surface area contributed by atoms with E-state index in [9.17, 15) is 18.5 Å². The van der Waals surface area contributed by atoms with Crippen LogP contribution in [-0.4, -0.2) is 37.4 Å². The zero-order valence-electron chi connectivity index (χ0n) is 12.5. The highest BCUT2D eigenvalue weighted by atomic mass is 32.2. The molecule has 0 radical (unpaired) electrons. The lowest BCUT2D eigenvalue weighted by Crippen LogP contribution is -2.21. The van der Waals surface area contributed by atoms with Gasteiger partial charge in [0, 0.05) is 24.7 Å². The van der Waals surface area contributed by atoms with E-state index < -0.39 is 14.9 Å². The lowest BCUT2D eigenvalue weighted by molar-refractivity contribution is -0.384. The first-order valence-corrected chi connectivity index (χ1v) is 8.29. The number of nitro benzene ring substituents is 1. The van der Waals surface area contributed by atoms with Crippen molar-refractivity contribution < 1.29 is 13.3 Å². The molecular weight excluding hydrogens is 332 g/mol. The van der Waals surface area contributed by atoms with Crippen LogP contribution in [0.3, 0.4) is 0 Å². The summed E-state index contributed by atoms with van der Waals surface area (Å²) in [6.45, 7) is 0. The molecular formula is C15H12N4O4S. The molecule has 24 heavy (non-hydrogen) atoms. The van der Waals surface area contributed by atoms with Gasteiger partial charge in [-0.25, -0.2) is 5.01 Å². The Morgan fingerprint density at radius 3 is 2.50 bits per heavy atom. The molecule has 1 aliphatic heterocycles. The van der Waals surface area contributed by atoms with E-state index in [2.05, 4.69) is 9.50 Å². The first-order valence-electron chi connectivity index (χ1n) is 6.85. The fourth-order valence-corrected chi connectivity index (χ4v) is 3.44. The van der Waals surface area contributed by atoms with E-state index in [1.807, 2.05) is 0 Å². The van der Waals surface area contributed by atoms with Crippen molar-refractivity contribution >= 4 is 27.8 Å². The Kier molecular flexibility index (Phi) is 3.86. The molecule has 0 atom stereocenters. The highest BCUT2D eigenvalue weighted by molar-refractivity contribution is 7.90. The average Bonchev–Trinajstić information content (AvgIpc) is 2.85. The van der Waals surface area contributed by atoms with Crippen LogP contribution in [0.2, 0.25) is 0 Å². The van der Waals surface area contributed by atoms with Crippen molar-refractivity contribution in [3.05, 3.63) is 69.8 Å². The predicted molar refractivity (Wildman–Crippen MR) is 88.6 cm³/mol. The maximum atomic E-state index is 12.0. The van der Waals surface area contributed by atoms with E-state index >= 15 is 0 Å². The second-order valence-electron chi connectivity index (χ2n) is 5.00. The van der Waals surface area contributed by atoms with E-state index in [0.717, 1.165) is 0 Å². The summed E-state index contributed by atoms with van der Waals surface area (Å²) in [7, 11) is -2.12. The van der Waals surface area contributed by atoms with Crippen LogP contribution in [0.15, 0.2) is 62.9 Å². The zero-order chi connectivity index (χ0) is 17.3. The van der Waals surface area contributed by atoms with E-state index in [0.29, 0.717) is 11.1 Å². The molecule has 2 aromatic rings. The number of nitro groups is 1. The first-order chi connectivity index (χ1) is 11.4. The molecule has 0 aliphatic carbocycles. The van der Waals surface area contributed by atoms with Gasteiger partial charge in [-0.2, -0.15) is 13.5 Å². The molecule has 0 aromatic heterocycles. The molecule has 2 aromatic carbocycles. The third-order valence-electron chi connectivity index (χ3n) is 3.40. The number of amidine groups is 1. The van der Waals surface area contributed by atoms with Crippen molar-refractivity contribution in [2.45, 2.75) is 4.90 Å². The van der Waals surface area contributed by atoms with Gasteiger partial charge in [-0.15, -0.1) is 4.40 Å². The summed E-state index contributed by atoms with van der Waals surface area (Å²) in [4.78, 5) is 10.3. The number of nitrogens with zero attached hydrogens (tertiary/aromatic N) is 4. The number of hydrogen-bond donors (Lipinski definition) is 0. The minimum absolute atomic E-state index is 0.0132. The summed E-state index contributed by atoms with van der Waals surface area (Å²) in [6.07, 6.45) is 1.47. The average molecular weight is 344 g/mol. The lowest BCUT2D eigenvalue weighted by atomic mass is 10.2. The molecule has 0 fully saturated rings. The summed E-state index contributed by atoms with van der Waals surface area (Å²) in [5, 5.41) is 16.1. The Hall–Kier alpha value is -3.07. The number of hydrazone groups is 1. The first kappa shape index (κ1) is 15.8. The summed E-state index contributed by atoms with van der Waals surface area (Å²) in [5.41, 5.74) is 1.11. The molecule has 1 aliphatic rings. The molecule has 9 heteroatoms. The van der Waals surface area contributed by atoms with Crippen molar-refractivity contribution in [1.82, 2.24) is 5.01 Å². The molecule has 0 N–H and O–H groups in total. The van der Waals surface area contributed by atoms with E-state index in [1.165, 1.54) is 29.4 Å². The van der Waals surface area contributed by atoms with Crippen LogP contribution in [0.5, 0.6) is 0 Å². The number of non-ortho nitro benzene ring substituents is 1. The van der Waals surface area contributed by atoms with E-state index in [4.69, 9.17) is 0 Å². The third-order valence-corrected chi connectivity index (χ3v) is 4.73. The van der Waals surface area contributed by atoms with Crippen LogP contribution in [0, 0.1) is 10.1 Å². The van der Waals surface area contributed by atoms with Crippen LogP contribution < -0.4 is 0 Å². The van der Waals surface area contributed by atoms with E-state index in [-0.39, 0.29) is 16.4 Å². The van der Waals surface area contributed by atoms with Crippen LogP contribution in [-0.2, 0) is 10.0 Å². The SMILES string of the molecule is CN(/N=C\c1ccc([N+](=O)[O-])cc1)C1=NS(=O)(=O)c2ccccc21. The maximum absolute atomic E-state index is 12.0. The monoisotopic (exact) mass is 344 g/mol. The maximum Gasteiger partial charge on any atom is 0.285 e.